The number of hydrogen-bond acceptors (Lipinski definition) is 5. The number of aromatic amines is 1. The zero-order valence-electron chi connectivity index (χ0n) is 18.9. The van der Waals surface area contributed by atoms with Gasteiger partial charge < -0.3 is 15.0 Å². The molecule has 0 aliphatic carbocycles. The van der Waals surface area contributed by atoms with Crippen LogP contribution >= 0.6 is 0 Å². The first-order valence-electron chi connectivity index (χ1n) is 10.8. The topological polar surface area (TPSA) is 79.9 Å². The summed E-state index contributed by atoms with van der Waals surface area (Å²) in [5, 5.41) is 3.20. The second kappa shape index (κ2) is 11.2. The van der Waals surface area contributed by atoms with Crippen LogP contribution in [0.3, 0.4) is 0 Å². The first-order valence-corrected chi connectivity index (χ1v) is 10.8. The summed E-state index contributed by atoms with van der Waals surface area (Å²) >= 11 is 0. The van der Waals surface area contributed by atoms with E-state index >= 15 is 0 Å². The van der Waals surface area contributed by atoms with Gasteiger partial charge in [0.2, 0.25) is 5.88 Å². The highest BCUT2D eigenvalue weighted by Gasteiger charge is 2.34. The number of aromatic nitrogens is 3. The van der Waals surface area contributed by atoms with Crippen molar-refractivity contribution in [1.82, 2.24) is 20.3 Å². The van der Waals surface area contributed by atoms with Crippen molar-refractivity contribution in [2.75, 3.05) is 19.8 Å². The third-order valence-electron chi connectivity index (χ3n) is 4.83. The molecule has 2 heterocycles. The molecule has 0 fully saturated rings. The van der Waals surface area contributed by atoms with E-state index in [9.17, 15) is 22.4 Å². The molecule has 3 rings (SSSR count). The molecule has 3 aromatic rings. The molecule has 0 amide bonds. The van der Waals surface area contributed by atoms with Crippen LogP contribution in [0.5, 0.6) is 5.88 Å². The molecule has 0 radical (unpaired) electrons. The molecule has 34 heavy (non-hydrogen) atoms. The zero-order valence-corrected chi connectivity index (χ0v) is 18.9. The molecular formula is C24H26F4N4O2. The Morgan fingerprint density at radius 2 is 1.94 bits per heavy atom. The molecule has 0 atom stereocenters. The van der Waals surface area contributed by atoms with Gasteiger partial charge in [0.25, 0.3) is 5.56 Å². The predicted octanol–water partition coefficient (Wildman–Crippen LogP) is 5.00. The summed E-state index contributed by atoms with van der Waals surface area (Å²) in [5.41, 5.74) is -0.482. The normalized spacial score (nSPS) is 11.7. The van der Waals surface area contributed by atoms with Crippen LogP contribution < -0.4 is 15.6 Å². The maximum Gasteiger partial charge on any atom is 0.417 e. The molecular weight excluding hydrogens is 452 g/mol. The van der Waals surface area contributed by atoms with Gasteiger partial charge in [-0.1, -0.05) is 19.9 Å². The Morgan fingerprint density at radius 1 is 1.15 bits per heavy atom. The van der Waals surface area contributed by atoms with Crippen LogP contribution in [0.25, 0.3) is 22.6 Å². The predicted molar refractivity (Wildman–Crippen MR) is 121 cm³/mol. The lowest BCUT2D eigenvalue weighted by Gasteiger charge is -2.15. The number of halogens is 4. The van der Waals surface area contributed by atoms with E-state index in [0.717, 1.165) is 6.07 Å². The van der Waals surface area contributed by atoms with Crippen molar-refractivity contribution in [3.63, 3.8) is 0 Å². The Kier molecular flexibility index (Phi) is 8.38. The van der Waals surface area contributed by atoms with Gasteiger partial charge in [-0.2, -0.15) is 13.2 Å². The van der Waals surface area contributed by atoms with Crippen LogP contribution in [-0.2, 0) is 12.7 Å². The number of pyridine rings is 1. The number of rotatable bonds is 10. The molecule has 2 aromatic heterocycles. The minimum Gasteiger partial charge on any atom is -0.478 e. The molecule has 1 aromatic carbocycles. The van der Waals surface area contributed by atoms with E-state index in [1.54, 1.807) is 6.07 Å². The van der Waals surface area contributed by atoms with Gasteiger partial charge in [-0.15, -0.1) is 0 Å². The summed E-state index contributed by atoms with van der Waals surface area (Å²) in [6.07, 6.45) is -3.00. The second-order valence-electron chi connectivity index (χ2n) is 8.16. The number of nitrogens with zero attached hydrogens (tertiary/aromatic N) is 2. The van der Waals surface area contributed by atoms with E-state index in [0.29, 0.717) is 30.1 Å². The standard InChI is InChI=1S/C24H26F4N4O2/c1-15(2)12-29-13-16-4-6-19(24(26,27)28)18(10-16)23-31-20(11-21(33)32-23)17-5-7-22(30-14-17)34-9-3-8-25/h4-7,10-11,14-15,29H,3,8-9,12-13H2,1-2H3,(H,31,32,33). The highest BCUT2D eigenvalue weighted by atomic mass is 19.4. The molecule has 182 valence electrons. The van der Waals surface area contributed by atoms with Crippen molar-refractivity contribution in [1.29, 1.82) is 0 Å². The average Bonchev–Trinajstić information content (AvgIpc) is 2.78. The number of ether oxygens (including phenoxy) is 1. The minimum atomic E-state index is -4.63. The lowest BCUT2D eigenvalue weighted by Crippen LogP contribution is -2.19. The highest BCUT2D eigenvalue weighted by Crippen LogP contribution is 2.36. The van der Waals surface area contributed by atoms with Gasteiger partial charge in [-0.05, 0) is 36.2 Å². The number of hydrogen-bond donors (Lipinski definition) is 2. The minimum absolute atomic E-state index is 0.165. The van der Waals surface area contributed by atoms with Crippen LogP contribution in [0.4, 0.5) is 17.6 Å². The molecule has 0 bridgehead atoms. The number of alkyl halides is 4. The van der Waals surface area contributed by atoms with E-state index in [-0.39, 0.29) is 36.0 Å². The van der Waals surface area contributed by atoms with Crippen molar-refractivity contribution >= 4 is 0 Å². The van der Waals surface area contributed by atoms with Gasteiger partial charge in [0.15, 0.2) is 0 Å². The van der Waals surface area contributed by atoms with Crippen LogP contribution in [0.1, 0.15) is 31.4 Å². The fraction of sp³-hybridized carbons (Fsp3) is 0.375. The van der Waals surface area contributed by atoms with Gasteiger partial charge in [-0.25, -0.2) is 9.97 Å². The van der Waals surface area contributed by atoms with E-state index in [4.69, 9.17) is 4.74 Å². The van der Waals surface area contributed by atoms with Gasteiger partial charge >= 0.3 is 6.18 Å². The van der Waals surface area contributed by atoms with Crippen LogP contribution in [0, 0.1) is 5.92 Å². The number of benzene rings is 1. The van der Waals surface area contributed by atoms with E-state index in [1.165, 1.54) is 30.5 Å². The summed E-state index contributed by atoms with van der Waals surface area (Å²) in [7, 11) is 0. The van der Waals surface area contributed by atoms with Crippen molar-refractivity contribution in [2.45, 2.75) is 33.0 Å². The third-order valence-corrected chi connectivity index (χ3v) is 4.83. The Hall–Kier alpha value is -3.27. The van der Waals surface area contributed by atoms with E-state index < -0.39 is 24.0 Å². The Bertz CT molecular complexity index is 1140. The second-order valence-corrected chi connectivity index (χ2v) is 8.16. The Balaban J connectivity index is 1.97. The fourth-order valence-electron chi connectivity index (χ4n) is 3.23. The van der Waals surface area contributed by atoms with Crippen LogP contribution in [0.2, 0.25) is 0 Å². The molecule has 0 spiro atoms. The molecule has 2 N–H and O–H groups in total. The maximum atomic E-state index is 13.7. The zero-order chi connectivity index (χ0) is 24.7. The Morgan fingerprint density at radius 3 is 2.59 bits per heavy atom. The highest BCUT2D eigenvalue weighted by molar-refractivity contribution is 5.66. The first kappa shape index (κ1) is 25.4. The summed E-state index contributed by atoms with van der Waals surface area (Å²) in [6.45, 7) is 4.81. The first-order chi connectivity index (χ1) is 16.2. The summed E-state index contributed by atoms with van der Waals surface area (Å²) < 4.78 is 58.7. The largest absolute Gasteiger partial charge is 0.478 e. The summed E-state index contributed by atoms with van der Waals surface area (Å²) in [5.74, 6) is 0.463. The summed E-state index contributed by atoms with van der Waals surface area (Å²) in [4.78, 5) is 23.1. The molecule has 10 heteroatoms. The smallest absolute Gasteiger partial charge is 0.417 e. The van der Waals surface area contributed by atoms with Gasteiger partial charge in [0.1, 0.15) is 5.82 Å². The van der Waals surface area contributed by atoms with E-state index in [1.807, 2.05) is 13.8 Å². The average molecular weight is 478 g/mol. The third kappa shape index (κ3) is 6.86. The monoisotopic (exact) mass is 478 g/mol. The molecule has 0 aliphatic heterocycles. The quantitative estimate of drug-likeness (QED) is 0.317. The fourth-order valence-corrected chi connectivity index (χ4v) is 3.23. The molecule has 6 nitrogen and oxygen atoms in total. The Labute approximate surface area is 194 Å². The van der Waals surface area contributed by atoms with Crippen molar-refractivity contribution in [3.05, 3.63) is 64.1 Å². The summed E-state index contributed by atoms with van der Waals surface area (Å²) in [6, 6.07) is 8.09. The van der Waals surface area contributed by atoms with Gasteiger partial charge in [0.05, 0.1) is 24.5 Å². The SMILES string of the molecule is CC(C)CNCc1ccc(C(F)(F)F)c(-c2nc(-c3ccc(OCCCF)nc3)cc(=O)[nH]2)c1. The van der Waals surface area contributed by atoms with Crippen molar-refractivity contribution in [2.24, 2.45) is 5.92 Å². The molecule has 0 aliphatic rings. The maximum absolute atomic E-state index is 13.7. The molecule has 0 saturated heterocycles. The van der Waals surface area contributed by atoms with Crippen LogP contribution in [-0.4, -0.2) is 34.8 Å². The van der Waals surface area contributed by atoms with Gasteiger partial charge in [0, 0.05) is 42.4 Å². The molecule has 0 unspecified atom stereocenters. The van der Waals surface area contributed by atoms with E-state index in [2.05, 4.69) is 20.3 Å². The van der Waals surface area contributed by atoms with Crippen molar-refractivity contribution < 1.29 is 22.3 Å². The lowest BCUT2D eigenvalue weighted by molar-refractivity contribution is -0.137. The van der Waals surface area contributed by atoms with Gasteiger partial charge in [-0.3, -0.25) is 9.18 Å². The number of nitrogens with one attached hydrogen (secondary N) is 2. The van der Waals surface area contributed by atoms with Crippen molar-refractivity contribution in [3.8, 4) is 28.5 Å². The molecule has 0 saturated carbocycles. The lowest BCUT2D eigenvalue weighted by atomic mass is 10.0. The number of H-pyrrole nitrogens is 1. The van der Waals surface area contributed by atoms with Crippen LogP contribution in [0.15, 0.2) is 47.4 Å².